The molecule has 2 heterocycles. The number of carboxylic acids is 1. The van der Waals surface area contributed by atoms with Gasteiger partial charge in [-0.15, -0.1) is 0 Å². The van der Waals surface area contributed by atoms with Crippen LogP contribution in [0.2, 0.25) is 0 Å². The molecular weight excluding hydrogens is 410 g/mol. The summed E-state index contributed by atoms with van der Waals surface area (Å²) < 4.78 is 7.31. The fourth-order valence-electron chi connectivity index (χ4n) is 3.88. The molecule has 3 rings (SSSR count). The Kier molecular flexibility index (Phi) is 6.92. The summed E-state index contributed by atoms with van der Waals surface area (Å²) in [5.41, 5.74) is 8.94. The van der Waals surface area contributed by atoms with Gasteiger partial charge < -0.3 is 20.0 Å². The average molecular weight is 437 g/mol. The molecule has 8 nitrogen and oxygen atoms in total. The zero-order chi connectivity index (χ0) is 23.4. The number of rotatable bonds is 10. The highest BCUT2D eigenvalue weighted by molar-refractivity contribution is 6.44. The number of fused-ring (bicyclic) bond motifs is 1. The van der Waals surface area contributed by atoms with Gasteiger partial charge in [-0.05, 0) is 29.9 Å². The van der Waals surface area contributed by atoms with Crippen LogP contribution < -0.4 is 10.5 Å². The minimum absolute atomic E-state index is 0.00385. The topological polar surface area (TPSA) is 124 Å². The van der Waals surface area contributed by atoms with Gasteiger partial charge in [-0.25, -0.2) is 9.78 Å². The molecule has 0 aliphatic rings. The van der Waals surface area contributed by atoms with Crippen LogP contribution in [0, 0.1) is 5.92 Å². The fraction of sp³-hybridized carbons (Fsp3) is 0.333. The van der Waals surface area contributed by atoms with E-state index in [0.717, 1.165) is 11.3 Å². The number of nitrogens with zero attached hydrogens (tertiary/aromatic N) is 2. The number of benzene rings is 1. The molecule has 3 aromatic rings. The van der Waals surface area contributed by atoms with Crippen LogP contribution in [-0.2, 0) is 28.9 Å². The van der Waals surface area contributed by atoms with Gasteiger partial charge in [0, 0.05) is 18.3 Å². The molecule has 0 aliphatic heterocycles. The molecule has 8 heteroatoms. The van der Waals surface area contributed by atoms with Gasteiger partial charge in [0.2, 0.25) is 5.88 Å². The van der Waals surface area contributed by atoms with Crippen LogP contribution in [0.3, 0.4) is 0 Å². The molecule has 1 aromatic carbocycles. The molecule has 0 fully saturated rings. The fourth-order valence-corrected chi connectivity index (χ4v) is 3.88. The quantitative estimate of drug-likeness (QED) is 0.371. The average Bonchev–Trinajstić information content (AvgIpc) is 3.04. The molecule has 0 bridgehead atoms. The van der Waals surface area contributed by atoms with E-state index in [9.17, 15) is 14.4 Å². The highest BCUT2D eigenvalue weighted by Gasteiger charge is 2.29. The first-order chi connectivity index (χ1) is 15.2. The van der Waals surface area contributed by atoms with E-state index in [2.05, 4.69) is 4.98 Å². The molecule has 3 N–H and O–H groups in total. The largest absolute Gasteiger partial charge is 0.479 e. The highest BCUT2D eigenvalue weighted by Crippen LogP contribution is 2.33. The van der Waals surface area contributed by atoms with Gasteiger partial charge in [-0.3, -0.25) is 9.59 Å². The normalized spacial score (nSPS) is 11.1. The third kappa shape index (κ3) is 4.80. The number of carbonyl (C=O) groups excluding carboxylic acids is 2. The summed E-state index contributed by atoms with van der Waals surface area (Å²) in [5, 5.41) is 9.13. The molecule has 0 aliphatic carbocycles. The summed E-state index contributed by atoms with van der Waals surface area (Å²) in [6, 6.07) is 9.74. The van der Waals surface area contributed by atoms with E-state index in [1.165, 1.54) is 0 Å². The zero-order valence-corrected chi connectivity index (χ0v) is 18.4. The Morgan fingerprint density at radius 2 is 1.88 bits per heavy atom. The number of carbonyl (C=O) groups is 3. The zero-order valence-electron chi connectivity index (χ0n) is 18.4. The molecule has 1 amide bonds. The third-order valence-corrected chi connectivity index (χ3v) is 5.11. The molecule has 168 valence electrons. The van der Waals surface area contributed by atoms with Crippen LogP contribution in [0.15, 0.2) is 36.5 Å². The summed E-state index contributed by atoms with van der Waals surface area (Å²) >= 11 is 0. The van der Waals surface area contributed by atoms with Gasteiger partial charge >= 0.3 is 5.97 Å². The Hall–Kier alpha value is -3.68. The second-order valence-electron chi connectivity index (χ2n) is 8.05. The number of aliphatic carboxylic acids is 1. The van der Waals surface area contributed by atoms with Crippen molar-refractivity contribution in [2.45, 2.75) is 40.0 Å². The van der Waals surface area contributed by atoms with Crippen molar-refractivity contribution in [3.8, 4) is 5.88 Å². The summed E-state index contributed by atoms with van der Waals surface area (Å²) in [4.78, 5) is 40.4. The lowest BCUT2D eigenvalue weighted by atomic mass is 9.99. The van der Waals surface area contributed by atoms with E-state index >= 15 is 0 Å². The first-order valence-corrected chi connectivity index (χ1v) is 10.5. The molecule has 0 unspecified atom stereocenters. The number of hydrogen-bond donors (Lipinski definition) is 2. The van der Waals surface area contributed by atoms with E-state index < -0.39 is 24.3 Å². The number of Topliss-reactive ketones (excluding diaryl/α,β-unsaturated/α-hetero) is 1. The second kappa shape index (κ2) is 9.64. The summed E-state index contributed by atoms with van der Waals surface area (Å²) in [7, 11) is 0. The van der Waals surface area contributed by atoms with Gasteiger partial charge in [-0.2, -0.15) is 0 Å². The number of hydrogen-bond acceptors (Lipinski definition) is 5. The van der Waals surface area contributed by atoms with E-state index in [4.69, 9.17) is 15.6 Å². The van der Waals surface area contributed by atoms with Crippen molar-refractivity contribution < 1.29 is 24.2 Å². The first-order valence-electron chi connectivity index (χ1n) is 10.5. The molecule has 32 heavy (non-hydrogen) atoms. The summed E-state index contributed by atoms with van der Waals surface area (Å²) in [5.74, 6) is -2.82. The standard InChI is InChI=1S/C24H27N3O5/c1-4-17-18(11-15-8-6-5-7-9-15)27-12-16(10-14(2)3)26-24(32-13-19(28)29)21(27)20(17)22(30)23(25)31/h5-9,12,14H,4,10-11,13H2,1-3H3,(H2,25,31)(H,28,29). The lowest BCUT2D eigenvalue weighted by Gasteiger charge is -2.12. The number of ketones is 1. The van der Waals surface area contributed by atoms with Crippen LogP contribution in [0.1, 0.15) is 53.6 Å². The van der Waals surface area contributed by atoms with Crippen molar-refractivity contribution >= 4 is 23.2 Å². The van der Waals surface area contributed by atoms with Crippen molar-refractivity contribution in [1.29, 1.82) is 0 Å². The molecule has 0 atom stereocenters. The summed E-state index contributed by atoms with van der Waals surface area (Å²) in [6.07, 6.45) is 3.43. The van der Waals surface area contributed by atoms with Gasteiger partial charge in [0.15, 0.2) is 6.61 Å². The van der Waals surface area contributed by atoms with Crippen LogP contribution in [0.25, 0.3) is 5.52 Å². The number of carboxylic acid groups (broad SMARTS) is 1. The number of ether oxygens (including phenoxy) is 1. The number of primary amides is 1. The lowest BCUT2D eigenvalue weighted by Crippen LogP contribution is -2.24. The lowest BCUT2D eigenvalue weighted by molar-refractivity contribution is -0.139. The van der Waals surface area contributed by atoms with Crippen molar-refractivity contribution in [3.05, 3.63) is 64.6 Å². The Labute approximate surface area is 186 Å². The predicted molar refractivity (Wildman–Crippen MR) is 119 cm³/mol. The highest BCUT2D eigenvalue weighted by atomic mass is 16.5. The number of aromatic nitrogens is 2. The van der Waals surface area contributed by atoms with E-state index in [1.807, 2.05) is 61.7 Å². The maximum Gasteiger partial charge on any atom is 0.341 e. The summed E-state index contributed by atoms with van der Waals surface area (Å²) in [6.45, 7) is 5.35. The maximum absolute atomic E-state index is 12.9. The van der Waals surface area contributed by atoms with Crippen LogP contribution in [-0.4, -0.2) is 38.8 Å². The van der Waals surface area contributed by atoms with E-state index in [1.54, 1.807) is 0 Å². The van der Waals surface area contributed by atoms with Gasteiger partial charge in [0.25, 0.3) is 11.7 Å². The van der Waals surface area contributed by atoms with Gasteiger partial charge in [0.1, 0.15) is 5.52 Å². The third-order valence-electron chi connectivity index (χ3n) is 5.11. The van der Waals surface area contributed by atoms with Crippen molar-refractivity contribution in [2.24, 2.45) is 11.7 Å². The first kappa shape index (κ1) is 23.0. The number of amides is 1. The van der Waals surface area contributed by atoms with Gasteiger partial charge in [0.05, 0.1) is 11.3 Å². The molecule has 0 saturated carbocycles. The molecule has 2 aromatic heterocycles. The molecule has 0 saturated heterocycles. The van der Waals surface area contributed by atoms with Crippen LogP contribution in [0.4, 0.5) is 0 Å². The Morgan fingerprint density at radius 1 is 1.19 bits per heavy atom. The van der Waals surface area contributed by atoms with Crippen molar-refractivity contribution in [2.75, 3.05) is 6.61 Å². The molecule has 0 radical (unpaired) electrons. The maximum atomic E-state index is 12.9. The van der Waals surface area contributed by atoms with E-state index in [-0.39, 0.29) is 22.9 Å². The van der Waals surface area contributed by atoms with Crippen molar-refractivity contribution in [3.63, 3.8) is 0 Å². The Balaban J connectivity index is 2.36. The second-order valence-corrected chi connectivity index (χ2v) is 8.05. The Bertz CT molecular complexity index is 1170. The van der Waals surface area contributed by atoms with Crippen molar-refractivity contribution in [1.82, 2.24) is 9.38 Å². The number of nitrogens with two attached hydrogens (primary N) is 1. The minimum Gasteiger partial charge on any atom is -0.479 e. The van der Waals surface area contributed by atoms with Crippen LogP contribution in [0.5, 0.6) is 5.88 Å². The monoisotopic (exact) mass is 437 g/mol. The van der Waals surface area contributed by atoms with Gasteiger partial charge in [-0.1, -0.05) is 51.1 Å². The Morgan fingerprint density at radius 3 is 2.44 bits per heavy atom. The molecular formula is C24H27N3O5. The van der Waals surface area contributed by atoms with E-state index in [0.29, 0.717) is 30.5 Å². The van der Waals surface area contributed by atoms with Crippen LogP contribution >= 0.6 is 0 Å². The SMILES string of the molecule is CCc1c(C(=O)C(N)=O)c2c(OCC(=O)O)nc(CC(C)C)cn2c1Cc1ccccc1. The minimum atomic E-state index is -1.17. The predicted octanol–water partition coefficient (Wildman–Crippen LogP) is 2.82. The smallest absolute Gasteiger partial charge is 0.341 e. The molecule has 0 spiro atoms.